The summed E-state index contributed by atoms with van der Waals surface area (Å²) in [7, 11) is 0. The van der Waals surface area contributed by atoms with Gasteiger partial charge in [-0.25, -0.2) is 19.9 Å². The number of piperazine rings is 1. The van der Waals surface area contributed by atoms with Gasteiger partial charge in [0.1, 0.15) is 11.5 Å². The average Bonchev–Trinajstić information content (AvgIpc) is 2.83. The van der Waals surface area contributed by atoms with Crippen molar-refractivity contribution in [3.8, 4) is 11.5 Å². The first-order chi connectivity index (χ1) is 15.1. The highest BCUT2D eigenvalue weighted by Crippen LogP contribution is 2.20. The number of aromatic nitrogens is 5. The summed E-state index contributed by atoms with van der Waals surface area (Å²) in [6.45, 7) is 7.27. The van der Waals surface area contributed by atoms with Gasteiger partial charge in [-0.1, -0.05) is 6.07 Å². The van der Waals surface area contributed by atoms with Crippen LogP contribution in [0.5, 0.6) is 0 Å². The maximum atomic E-state index is 12.7. The van der Waals surface area contributed by atoms with Crippen LogP contribution >= 0.6 is 0 Å². The summed E-state index contributed by atoms with van der Waals surface area (Å²) >= 11 is 0. The molecule has 9 heteroatoms. The lowest BCUT2D eigenvalue weighted by molar-refractivity contribution is -0.131. The van der Waals surface area contributed by atoms with Gasteiger partial charge in [-0.15, -0.1) is 0 Å². The minimum Gasteiger partial charge on any atom is -0.369 e. The first-order valence-electron chi connectivity index (χ1n) is 10.4. The monoisotopic (exact) mass is 418 g/mol. The Balaban J connectivity index is 1.31. The largest absolute Gasteiger partial charge is 0.369 e. The van der Waals surface area contributed by atoms with Crippen molar-refractivity contribution < 1.29 is 4.79 Å². The number of anilines is 2. The summed E-state index contributed by atoms with van der Waals surface area (Å²) in [5.74, 6) is 2.17. The van der Waals surface area contributed by atoms with Crippen LogP contribution in [0.4, 0.5) is 11.8 Å². The van der Waals surface area contributed by atoms with E-state index in [2.05, 4.69) is 35.1 Å². The first kappa shape index (κ1) is 20.6. The Morgan fingerprint density at radius 2 is 1.71 bits per heavy atom. The van der Waals surface area contributed by atoms with Crippen molar-refractivity contribution in [1.82, 2.24) is 29.8 Å². The number of hydrogen-bond donors (Lipinski definition) is 1. The van der Waals surface area contributed by atoms with Crippen molar-refractivity contribution >= 4 is 17.7 Å². The van der Waals surface area contributed by atoms with Crippen LogP contribution in [0.1, 0.15) is 17.7 Å². The molecule has 1 N–H and O–H groups in total. The number of hydrogen-bond acceptors (Lipinski definition) is 8. The summed E-state index contributed by atoms with van der Waals surface area (Å²) < 4.78 is 0. The van der Waals surface area contributed by atoms with E-state index in [1.54, 1.807) is 24.7 Å². The second kappa shape index (κ2) is 9.46. The molecule has 31 heavy (non-hydrogen) atoms. The van der Waals surface area contributed by atoms with E-state index in [-0.39, 0.29) is 5.91 Å². The summed E-state index contributed by atoms with van der Waals surface area (Å²) in [5, 5.41) is 3.31. The minimum absolute atomic E-state index is 0.134. The van der Waals surface area contributed by atoms with Crippen LogP contribution in [0.3, 0.4) is 0 Å². The third-order valence-corrected chi connectivity index (χ3v) is 5.38. The SMILES string of the molecule is Cc1nc(-c2ccccn2)nc(NCCC(=O)N2CCN(c3ncccn3)CC2)c1C. The van der Waals surface area contributed by atoms with Crippen molar-refractivity contribution in [2.24, 2.45) is 0 Å². The lowest BCUT2D eigenvalue weighted by atomic mass is 10.2. The van der Waals surface area contributed by atoms with E-state index in [1.165, 1.54) is 0 Å². The van der Waals surface area contributed by atoms with Crippen molar-refractivity contribution in [3.63, 3.8) is 0 Å². The minimum atomic E-state index is 0.134. The van der Waals surface area contributed by atoms with E-state index in [9.17, 15) is 4.79 Å². The van der Waals surface area contributed by atoms with Crippen LogP contribution in [-0.4, -0.2) is 68.5 Å². The third kappa shape index (κ3) is 4.93. The Kier molecular flexibility index (Phi) is 6.30. The van der Waals surface area contributed by atoms with Crippen LogP contribution in [0.25, 0.3) is 11.5 Å². The third-order valence-electron chi connectivity index (χ3n) is 5.38. The molecule has 0 saturated carbocycles. The smallest absolute Gasteiger partial charge is 0.225 e. The summed E-state index contributed by atoms with van der Waals surface area (Å²) in [4.78, 5) is 38.7. The van der Waals surface area contributed by atoms with Crippen molar-refractivity contribution in [2.45, 2.75) is 20.3 Å². The maximum Gasteiger partial charge on any atom is 0.225 e. The Morgan fingerprint density at radius 1 is 0.968 bits per heavy atom. The summed E-state index contributed by atoms with van der Waals surface area (Å²) in [6.07, 6.45) is 5.61. The molecule has 0 radical (unpaired) electrons. The van der Waals surface area contributed by atoms with Gasteiger partial charge in [0.2, 0.25) is 11.9 Å². The van der Waals surface area contributed by atoms with E-state index in [4.69, 9.17) is 0 Å². The molecule has 3 aromatic heterocycles. The molecule has 0 unspecified atom stereocenters. The molecule has 0 aliphatic carbocycles. The van der Waals surface area contributed by atoms with E-state index in [0.29, 0.717) is 31.9 Å². The number of amides is 1. The molecule has 0 atom stereocenters. The standard InChI is InChI=1S/C22H26N8O/c1-16-17(2)27-21(18-6-3-4-8-23-18)28-20(16)24-11-7-19(31)29-12-14-30(15-13-29)22-25-9-5-10-26-22/h3-6,8-10H,7,11-15H2,1-2H3,(H,24,27,28). The molecule has 4 heterocycles. The predicted octanol–water partition coefficient (Wildman–Crippen LogP) is 2.10. The van der Waals surface area contributed by atoms with Crippen LogP contribution in [0.2, 0.25) is 0 Å². The second-order valence-corrected chi connectivity index (χ2v) is 7.41. The molecule has 1 saturated heterocycles. The molecule has 1 amide bonds. The Hall–Kier alpha value is -3.62. The van der Waals surface area contributed by atoms with Gasteiger partial charge in [0, 0.05) is 69.0 Å². The lowest BCUT2D eigenvalue weighted by Crippen LogP contribution is -2.49. The van der Waals surface area contributed by atoms with Gasteiger partial charge in [-0.2, -0.15) is 0 Å². The second-order valence-electron chi connectivity index (χ2n) is 7.41. The van der Waals surface area contributed by atoms with Gasteiger partial charge in [0.15, 0.2) is 5.82 Å². The summed E-state index contributed by atoms with van der Waals surface area (Å²) in [6, 6.07) is 7.46. The van der Waals surface area contributed by atoms with Gasteiger partial charge in [-0.05, 0) is 32.0 Å². The number of carbonyl (C=O) groups is 1. The molecule has 9 nitrogen and oxygen atoms in total. The van der Waals surface area contributed by atoms with Gasteiger partial charge < -0.3 is 15.1 Å². The fourth-order valence-corrected chi connectivity index (χ4v) is 3.47. The molecule has 160 valence electrons. The topological polar surface area (TPSA) is 100 Å². The zero-order valence-electron chi connectivity index (χ0n) is 17.8. The van der Waals surface area contributed by atoms with E-state index in [1.807, 2.05) is 36.9 Å². The highest BCUT2D eigenvalue weighted by atomic mass is 16.2. The van der Waals surface area contributed by atoms with Gasteiger partial charge in [-0.3, -0.25) is 9.78 Å². The molecule has 1 aliphatic heterocycles. The zero-order chi connectivity index (χ0) is 21.6. The maximum absolute atomic E-state index is 12.7. The van der Waals surface area contributed by atoms with Gasteiger partial charge in [0.25, 0.3) is 0 Å². The number of nitrogens with one attached hydrogen (secondary N) is 1. The van der Waals surface area contributed by atoms with Gasteiger partial charge in [0.05, 0.1) is 0 Å². The highest BCUT2D eigenvalue weighted by molar-refractivity contribution is 5.77. The number of pyridine rings is 1. The van der Waals surface area contributed by atoms with Crippen LogP contribution in [0, 0.1) is 13.8 Å². The molecule has 3 aromatic rings. The van der Waals surface area contributed by atoms with Crippen molar-refractivity contribution in [1.29, 1.82) is 0 Å². The quantitative estimate of drug-likeness (QED) is 0.650. The Bertz CT molecular complexity index is 1020. The number of nitrogens with zero attached hydrogens (tertiary/aromatic N) is 7. The molecular weight excluding hydrogens is 392 g/mol. The van der Waals surface area contributed by atoms with E-state index < -0.39 is 0 Å². The van der Waals surface area contributed by atoms with E-state index in [0.717, 1.165) is 41.8 Å². The lowest BCUT2D eigenvalue weighted by Gasteiger charge is -2.34. The molecule has 0 bridgehead atoms. The number of aryl methyl sites for hydroxylation is 1. The van der Waals surface area contributed by atoms with Crippen molar-refractivity contribution in [3.05, 3.63) is 54.1 Å². The van der Waals surface area contributed by atoms with Gasteiger partial charge >= 0.3 is 0 Å². The first-order valence-corrected chi connectivity index (χ1v) is 10.4. The molecule has 0 spiro atoms. The Labute approximate surface area is 181 Å². The molecular formula is C22H26N8O. The number of rotatable bonds is 6. The fourth-order valence-electron chi connectivity index (χ4n) is 3.47. The highest BCUT2D eigenvalue weighted by Gasteiger charge is 2.22. The Morgan fingerprint density at radius 3 is 2.42 bits per heavy atom. The fraction of sp³-hybridized carbons (Fsp3) is 0.364. The normalized spacial score (nSPS) is 13.9. The number of carbonyl (C=O) groups excluding carboxylic acids is 1. The van der Waals surface area contributed by atoms with Crippen LogP contribution in [0.15, 0.2) is 42.9 Å². The van der Waals surface area contributed by atoms with Crippen LogP contribution in [-0.2, 0) is 4.79 Å². The molecule has 1 fully saturated rings. The molecule has 0 aromatic carbocycles. The van der Waals surface area contributed by atoms with Crippen molar-refractivity contribution in [2.75, 3.05) is 42.9 Å². The predicted molar refractivity (Wildman–Crippen MR) is 119 cm³/mol. The van der Waals surface area contributed by atoms with E-state index >= 15 is 0 Å². The molecule has 1 aliphatic rings. The molecule has 4 rings (SSSR count). The van der Waals surface area contributed by atoms with Crippen LogP contribution < -0.4 is 10.2 Å². The average molecular weight is 419 g/mol. The summed E-state index contributed by atoms with van der Waals surface area (Å²) in [5.41, 5.74) is 2.59. The zero-order valence-corrected chi connectivity index (χ0v) is 17.8.